The third-order valence-electron chi connectivity index (χ3n) is 4.65. The number of pyridine rings is 1. The highest BCUT2D eigenvalue weighted by molar-refractivity contribution is 5.94. The van der Waals surface area contributed by atoms with Crippen LogP contribution in [0.4, 0.5) is 8.78 Å². The molecule has 0 aromatic carbocycles. The fraction of sp³-hybridized carbons (Fsp3) is 0.562. The van der Waals surface area contributed by atoms with Gasteiger partial charge in [0.25, 0.3) is 11.8 Å². The maximum atomic E-state index is 13.8. The third kappa shape index (κ3) is 3.87. The van der Waals surface area contributed by atoms with Crippen LogP contribution in [0.3, 0.4) is 0 Å². The maximum absolute atomic E-state index is 13.8. The zero-order valence-electron chi connectivity index (χ0n) is 13.8. The van der Waals surface area contributed by atoms with Crippen molar-refractivity contribution in [2.45, 2.75) is 31.4 Å². The largest absolute Gasteiger partial charge is 0.355 e. The number of rotatable bonds is 4. The van der Waals surface area contributed by atoms with E-state index in [9.17, 15) is 23.2 Å². The van der Waals surface area contributed by atoms with E-state index in [-0.39, 0.29) is 42.9 Å². The first-order valence-electron chi connectivity index (χ1n) is 8.11. The predicted octanol–water partition coefficient (Wildman–Crippen LogP) is 0.0450. The van der Waals surface area contributed by atoms with Gasteiger partial charge in [0.05, 0.1) is 12.1 Å². The van der Waals surface area contributed by atoms with Gasteiger partial charge in [-0.1, -0.05) is 0 Å². The molecule has 0 radical (unpaired) electrons. The first kappa shape index (κ1) is 17.5. The lowest BCUT2D eigenvalue weighted by molar-refractivity contribution is -0.119. The number of halogens is 2. The van der Waals surface area contributed by atoms with Gasteiger partial charge in [0.1, 0.15) is 0 Å². The summed E-state index contributed by atoms with van der Waals surface area (Å²) in [5, 5.41) is 2.60. The maximum Gasteiger partial charge on any atom is 0.262 e. The SMILES string of the molecule is CC(=O)NC[C@@H]1CC(F)(F)CN1C1CN(C(=O)c2ccc(=O)[nH]c2)C1. The van der Waals surface area contributed by atoms with Gasteiger partial charge in [0.2, 0.25) is 11.5 Å². The van der Waals surface area contributed by atoms with Gasteiger partial charge in [-0.3, -0.25) is 19.3 Å². The first-order valence-corrected chi connectivity index (χ1v) is 8.11. The summed E-state index contributed by atoms with van der Waals surface area (Å²) >= 11 is 0. The van der Waals surface area contributed by atoms with Crippen molar-refractivity contribution in [3.63, 3.8) is 0 Å². The molecule has 2 aliphatic rings. The molecule has 0 unspecified atom stereocenters. The Morgan fingerprint density at radius 2 is 2.08 bits per heavy atom. The molecule has 1 atom stereocenters. The molecule has 7 nitrogen and oxygen atoms in total. The molecule has 3 heterocycles. The van der Waals surface area contributed by atoms with Crippen LogP contribution in [0.1, 0.15) is 23.7 Å². The normalized spacial score (nSPS) is 23.3. The molecule has 9 heteroatoms. The summed E-state index contributed by atoms with van der Waals surface area (Å²) < 4.78 is 27.6. The number of aromatic nitrogens is 1. The summed E-state index contributed by atoms with van der Waals surface area (Å²) in [5.41, 5.74) is 0.0674. The number of carbonyl (C=O) groups excluding carboxylic acids is 2. The number of hydrogen-bond acceptors (Lipinski definition) is 4. The van der Waals surface area contributed by atoms with Crippen molar-refractivity contribution in [3.8, 4) is 0 Å². The summed E-state index contributed by atoms with van der Waals surface area (Å²) in [5.74, 6) is -3.28. The Bertz CT molecular complexity index is 710. The van der Waals surface area contributed by atoms with Crippen molar-refractivity contribution >= 4 is 11.8 Å². The number of alkyl halides is 2. The Kier molecular flexibility index (Phi) is 4.59. The number of amides is 2. The second kappa shape index (κ2) is 6.55. The highest BCUT2D eigenvalue weighted by atomic mass is 19.3. The van der Waals surface area contributed by atoms with E-state index >= 15 is 0 Å². The second-order valence-corrected chi connectivity index (χ2v) is 6.63. The molecule has 1 aromatic rings. The van der Waals surface area contributed by atoms with Gasteiger partial charge in [-0.05, 0) is 6.07 Å². The van der Waals surface area contributed by atoms with E-state index in [2.05, 4.69) is 10.3 Å². The quantitative estimate of drug-likeness (QED) is 0.800. The van der Waals surface area contributed by atoms with Crippen LogP contribution >= 0.6 is 0 Å². The number of H-pyrrole nitrogens is 1. The van der Waals surface area contributed by atoms with Gasteiger partial charge in [0, 0.05) is 57.3 Å². The zero-order chi connectivity index (χ0) is 18.2. The molecule has 2 saturated heterocycles. The summed E-state index contributed by atoms with van der Waals surface area (Å²) in [6, 6.07) is 2.13. The van der Waals surface area contributed by atoms with E-state index in [0.29, 0.717) is 18.7 Å². The fourth-order valence-corrected chi connectivity index (χ4v) is 3.36. The molecular formula is C16H20F2N4O3. The third-order valence-corrected chi connectivity index (χ3v) is 4.65. The minimum absolute atomic E-state index is 0.154. The summed E-state index contributed by atoms with van der Waals surface area (Å²) in [7, 11) is 0. The van der Waals surface area contributed by atoms with Crippen LogP contribution in [0.2, 0.25) is 0 Å². The van der Waals surface area contributed by atoms with E-state index < -0.39 is 12.0 Å². The minimum atomic E-state index is -2.79. The van der Waals surface area contributed by atoms with Crippen LogP contribution in [0.15, 0.2) is 23.1 Å². The van der Waals surface area contributed by atoms with Crippen molar-refractivity contribution in [2.24, 2.45) is 0 Å². The van der Waals surface area contributed by atoms with Gasteiger partial charge in [-0.15, -0.1) is 0 Å². The van der Waals surface area contributed by atoms with Gasteiger partial charge in [-0.2, -0.15) is 0 Å². The summed E-state index contributed by atoms with van der Waals surface area (Å²) in [6.45, 7) is 1.87. The van der Waals surface area contributed by atoms with Crippen molar-refractivity contribution < 1.29 is 18.4 Å². The highest BCUT2D eigenvalue weighted by Gasteiger charge is 2.50. The van der Waals surface area contributed by atoms with Crippen LogP contribution in [0, 0.1) is 0 Å². The lowest BCUT2D eigenvalue weighted by atomic mass is 10.0. The van der Waals surface area contributed by atoms with E-state index in [0.717, 1.165) is 0 Å². The molecule has 3 rings (SSSR count). The molecule has 2 aliphatic heterocycles. The molecular weight excluding hydrogens is 334 g/mol. The standard InChI is InChI=1S/C16H20F2N4O3/c1-10(23)19-6-12-4-16(17,18)9-22(12)13-7-21(8-13)15(25)11-2-3-14(24)20-5-11/h2-3,5,12-13H,4,6-9H2,1H3,(H,19,23)(H,20,24)/t12-/m0/s1. The lowest BCUT2D eigenvalue weighted by Gasteiger charge is -2.45. The average molecular weight is 354 g/mol. The van der Waals surface area contributed by atoms with Gasteiger partial charge < -0.3 is 15.2 Å². The van der Waals surface area contributed by atoms with E-state index in [1.807, 2.05) is 0 Å². The van der Waals surface area contributed by atoms with Crippen molar-refractivity contribution in [1.29, 1.82) is 0 Å². The van der Waals surface area contributed by atoms with Crippen molar-refractivity contribution in [2.75, 3.05) is 26.2 Å². The molecule has 2 N–H and O–H groups in total. The molecule has 25 heavy (non-hydrogen) atoms. The Morgan fingerprint density at radius 1 is 1.36 bits per heavy atom. The van der Waals surface area contributed by atoms with E-state index in [1.165, 1.54) is 25.3 Å². The lowest BCUT2D eigenvalue weighted by Crippen LogP contribution is -2.63. The predicted molar refractivity (Wildman–Crippen MR) is 85.5 cm³/mol. The van der Waals surface area contributed by atoms with E-state index in [4.69, 9.17) is 0 Å². The molecule has 0 aliphatic carbocycles. The van der Waals surface area contributed by atoms with Crippen molar-refractivity contribution in [3.05, 3.63) is 34.2 Å². The number of nitrogens with one attached hydrogen (secondary N) is 2. The number of likely N-dealkylation sites (tertiary alicyclic amines) is 2. The number of aromatic amines is 1. The van der Waals surface area contributed by atoms with Crippen LogP contribution in [0.5, 0.6) is 0 Å². The highest BCUT2D eigenvalue weighted by Crippen LogP contribution is 2.35. The minimum Gasteiger partial charge on any atom is -0.355 e. The first-order chi connectivity index (χ1) is 11.7. The molecule has 0 bridgehead atoms. The summed E-state index contributed by atoms with van der Waals surface area (Å²) in [4.78, 5) is 40.1. The van der Waals surface area contributed by atoms with Crippen LogP contribution in [0.25, 0.3) is 0 Å². The molecule has 136 valence electrons. The zero-order valence-corrected chi connectivity index (χ0v) is 13.8. The number of hydrogen-bond donors (Lipinski definition) is 2. The van der Waals surface area contributed by atoms with Gasteiger partial charge in [0.15, 0.2) is 0 Å². The van der Waals surface area contributed by atoms with Crippen LogP contribution < -0.4 is 10.9 Å². The Balaban J connectivity index is 1.60. The molecule has 1 aromatic heterocycles. The molecule has 0 saturated carbocycles. The second-order valence-electron chi connectivity index (χ2n) is 6.63. The number of nitrogens with zero attached hydrogens (tertiary/aromatic N) is 2. The Labute approximate surface area is 143 Å². The Morgan fingerprint density at radius 3 is 2.68 bits per heavy atom. The molecule has 2 fully saturated rings. The monoisotopic (exact) mass is 354 g/mol. The van der Waals surface area contributed by atoms with Crippen LogP contribution in [-0.2, 0) is 4.79 Å². The van der Waals surface area contributed by atoms with E-state index in [1.54, 1.807) is 9.80 Å². The van der Waals surface area contributed by atoms with Gasteiger partial charge in [-0.25, -0.2) is 8.78 Å². The molecule has 2 amide bonds. The number of carbonyl (C=O) groups is 2. The topological polar surface area (TPSA) is 85.5 Å². The van der Waals surface area contributed by atoms with Crippen LogP contribution in [-0.4, -0.2) is 70.8 Å². The Hall–Kier alpha value is -2.29. The van der Waals surface area contributed by atoms with Crippen molar-refractivity contribution in [1.82, 2.24) is 20.1 Å². The average Bonchev–Trinajstić information content (AvgIpc) is 2.79. The molecule has 0 spiro atoms. The fourth-order valence-electron chi connectivity index (χ4n) is 3.36. The van der Waals surface area contributed by atoms with Gasteiger partial charge >= 0.3 is 0 Å². The smallest absolute Gasteiger partial charge is 0.262 e. The summed E-state index contributed by atoms with van der Waals surface area (Å²) in [6.07, 6.45) is 1.05.